The summed E-state index contributed by atoms with van der Waals surface area (Å²) in [5.41, 5.74) is 5.06. The largest absolute Gasteiger partial charge is 0.387 e. The fraction of sp³-hybridized carbons (Fsp3) is 0.917. The summed E-state index contributed by atoms with van der Waals surface area (Å²) in [6.45, 7) is 2.15. The Bertz CT molecular complexity index is 250. The van der Waals surface area contributed by atoms with E-state index in [2.05, 4.69) is 10.3 Å². The summed E-state index contributed by atoms with van der Waals surface area (Å²) in [4.78, 5) is 4.23. The molecule has 17 heavy (non-hydrogen) atoms. The van der Waals surface area contributed by atoms with Crippen molar-refractivity contribution in [3.05, 3.63) is 0 Å². The average Bonchev–Trinajstić information content (AvgIpc) is 2.28. The highest BCUT2D eigenvalue weighted by molar-refractivity contribution is 7.98. The lowest BCUT2D eigenvalue weighted by Gasteiger charge is -2.24. The molecule has 1 aliphatic carbocycles. The van der Waals surface area contributed by atoms with E-state index in [1.54, 1.807) is 18.7 Å². The number of hydrogen-bond donors (Lipinski definition) is 3. The van der Waals surface area contributed by atoms with E-state index in [1.165, 1.54) is 32.1 Å². The zero-order valence-electron chi connectivity index (χ0n) is 10.9. The molecule has 1 aliphatic rings. The van der Waals surface area contributed by atoms with Crippen molar-refractivity contribution < 1.29 is 5.11 Å². The fourth-order valence-corrected chi connectivity index (χ4v) is 2.83. The summed E-state index contributed by atoms with van der Waals surface area (Å²) >= 11 is 1.62. The molecule has 0 aliphatic heterocycles. The molecule has 0 aromatic heterocycles. The topological polar surface area (TPSA) is 70.6 Å². The standard InChI is InChI=1S/C12H25N3OS/c1-12(16,9-17-2)8-14-11(13)15-10-6-4-3-5-7-10/h10,16H,3-9H2,1-2H3,(H3,13,14,15). The second-order valence-corrected chi connectivity index (χ2v) is 5.98. The quantitative estimate of drug-likeness (QED) is 0.515. The number of aliphatic imine (C=N–C) groups is 1. The minimum Gasteiger partial charge on any atom is -0.387 e. The van der Waals surface area contributed by atoms with Crippen LogP contribution >= 0.6 is 11.8 Å². The van der Waals surface area contributed by atoms with Crippen molar-refractivity contribution in [3.8, 4) is 0 Å². The van der Waals surface area contributed by atoms with Crippen molar-refractivity contribution in [2.45, 2.75) is 50.7 Å². The first-order chi connectivity index (χ1) is 8.03. The Balaban J connectivity index is 2.32. The van der Waals surface area contributed by atoms with Crippen LogP contribution in [0.4, 0.5) is 0 Å². The number of nitrogens with one attached hydrogen (secondary N) is 1. The lowest BCUT2D eigenvalue weighted by molar-refractivity contribution is 0.0954. The van der Waals surface area contributed by atoms with Crippen LogP contribution in [0, 0.1) is 0 Å². The summed E-state index contributed by atoms with van der Waals surface area (Å²) in [7, 11) is 0. The Hall–Kier alpha value is -0.420. The fourth-order valence-electron chi connectivity index (χ4n) is 2.11. The molecule has 5 heteroatoms. The molecule has 1 atom stereocenters. The van der Waals surface area contributed by atoms with Crippen LogP contribution in [0.1, 0.15) is 39.0 Å². The van der Waals surface area contributed by atoms with Crippen molar-refractivity contribution in [2.24, 2.45) is 10.7 Å². The number of rotatable bonds is 5. The van der Waals surface area contributed by atoms with Crippen LogP contribution < -0.4 is 11.1 Å². The molecule has 0 saturated heterocycles. The van der Waals surface area contributed by atoms with Crippen LogP contribution in [0.5, 0.6) is 0 Å². The highest BCUT2D eigenvalue weighted by atomic mass is 32.2. The molecule has 1 rings (SSSR count). The zero-order valence-corrected chi connectivity index (χ0v) is 11.7. The highest BCUT2D eigenvalue weighted by Crippen LogP contribution is 2.17. The molecule has 0 amide bonds. The zero-order chi connectivity index (χ0) is 12.7. The molecule has 0 heterocycles. The van der Waals surface area contributed by atoms with Gasteiger partial charge in [-0.1, -0.05) is 19.3 Å². The molecule has 1 unspecified atom stereocenters. The second-order valence-electron chi connectivity index (χ2n) is 5.11. The molecular formula is C12H25N3OS. The maximum Gasteiger partial charge on any atom is 0.188 e. The smallest absolute Gasteiger partial charge is 0.188 e. The third-order valence-electron chi connectivity index (χ3n) is 3.00. The molecule has 100 valence electrons. The number of thioether (sulfide) groups is 1. The summed E-state index contributed by atoms with van der Waals surface area (Å²) in [5, 5.41) is 13.2. The third kappa shape index (κ3) is 6.17. The van der Waals surface area contributed by atoms with Gasteiger partial charge in [0.15, 0.2) is 5.96 Å². The first kappa shape index (κ1) is 14.6. The van der Waals surface area contributed by atoms with Crippen LogP contribution in [0.15, 0.2) is 4.99 Å². The maximum absolute atomic E-state index is 9.96. The first-order valence-electron chi connectivity index (χ1n) is 6.31. The van der Waals surface area contributed by atoms with E-state index < -0.39 is 5.60 Å². The predicted octanol–water partition coefficient (Wildman–Crippen LogP) is 1.34. The first-order valence-corrected chi connectivity index (χ1v) is 7.71. The van der Waals surface area contributed by atoms with Crippen LogP contribution in [0.25, 0.3) is 0 Å². The summed E-state index contributed by atoms with van der Waals surface area (Å²) in [6.07, 6.45) is 8.21. The van der Waals surface area contributed by atoms with E-state index in [-0.39, 0.29) is 0 Å². The van der Waals surface area contributed by atoms with Crippen molar-refractivity contribution >= 4 is 17.7 Å². The minimum absolute atomic E-state index is 0.361. The molecule has 1 fully saturated rings. The highest BCUT2D eigenvalue weighted by Gasteiger charge is 2.19. The van der Waals surface area contributed by atoms with Gasteiger partial charge in [-0.2, -0.15) is 11.8 Å². The Kier molecular flexibility index (Phi) is 6.12. The van der Waals surface area contributed by atoms with Crippen LogP contribution in [-0.2, 0) is 0 Å². The van der Waals surface area contributed by atoms with Gasteiger partial charge < -0.3 is 16.2 Å². The van der Waals surface area contributed by atoms with Crippen molar-refractivity contribution in [2.75, 3.05) is 18.6 Å². The van der Waals surface area contributed by atoms with Crippen molar-refractivity contribution in [3.63, 3.8) is 0 Å². The number of aliphatic hydroxyl groups is 1. The van der Waals surface area contributed by atoms with Gasteiger partial charge >= 0.3 is 0 Å². The van der Waals surface area contributed by atoms with Gasteiger partial charge in [-0.3, -0.25) is 4.99 Å². The molecule has 0 aromatic carbocycles. The average molecular weight is 259 g/mol. The molecular weight excluding hydrogens is 234 g/mol. The SMILES string of the molecule is CSCC(C)(O)CN=C(N)NC1CCCCC1. The summed E-state index contributed by atoms with van der Waals surface area (Å²) in [6, 6.07) is 0.470. The predicted molar refractivity (Wildman–Crippen MR) is 75.5 cm³/mol. The lowest BCUT2D eigenvalue weighted by Crippen LogP contribution is -2.42. The monoisotopic (exact) mass is 259 g/mol. The Labute approximate surface area is 108 Å². The molecule has 4 N–H and O–H groups in total. The summed E-state index contributed by atoms with van der Waals surface area (Å²) in [5.74, 6) is 1.14. The number of nitrogens with zero attached hydrogens (tertiary/aromatic N) is 1. The van der Waals surface area contributed by atoms with Crippen LogP contribution in [0.2, 0.25) is 0 Å². The van der Waals surface area contributed by atoms with E-state index in [1.807, 2.05) is 6.26 Å². The van der Waals surface area contributed by atoms with Gasteiger partial charge in [0.1, 0.15) is 0 Å². The van der Waals surface area contributed by atoms with Crippen molar-refractivity contribution in [1.82, 2.24) is 5.32 Å². The Morgan fingerprint density at radius 1 is 1.47 bits per heavy atom. The van der Waals surface area contributed by atoms with Gasteiger partial charge in [0.05, 0.1) is 12.1 Å². The normalized spacial score (nSPS) is 22.2. The molecule has 0 spiro atoms. The van der Waals surface area contributed by atoms with Gasteiger partial charge in [-0.25, -0.2) is 0 Å². The van der Waals surface area contributed by atoms with Gasteiger partial charge in [0.25, 0.3) is 0 Å². The number of guanidine groups is 1. The van der Waals surface area contributed by atoms with E-state index in [0.29, 0.717) is 24.3 Å². The van der Waals surface area contributed by atoms with Gasteiger partial charge in [0, 0.05) is 11.8 Å². The maximum atomic E-state index is 9.96. The third-order valence-corrected chi connectivity index (χ3v) is 3.91. The van der Waals surface area contributed by atoms with E-state index in [4.69, 9.17) is 5.73 Å². The lowest BCUT2D eigenvalue weighted by atomic mass is 9.96. The van der Waals surface area contributed by atoms with Crippen LogP contribution in [-0.4, -0.2) is 41.3 Å². The van der Waals surface area contributed by atoms with Gasteiger partial charge in [-0.05, 0) is 26.0 Å². The number of nitrogens with two attached hydrogens (primary N) is 1. The molecule has 4 nitrogen and oxygen atoms in total. The van der Waals surface area contributed by atoms with Crippen LogP contribution in [0.3, 0.4) is 0 Å². The van der Waals surface area contributed by atoms with Crippen molar-refractivity contribution in [1.29, 1.82) is 0 Å². The second kappa shape index (κ2) is 7.11. The van der Waals surface area contributed by atoms with Gasteiger partial charge in [0.2, 0.25) is 0 Å². The molecule has 0 aromatic rings. The van der Waals surface area contributed by atoms with E-state index in [0.717, 1.165) is 0 Å². The molecule has 0 bridgehead atoms. The van der Waals surface area contributed by atoms with E-state index in [9.17, 15) is 5.11 Å². The molecule has 0 radical (unpaired) electrons. The Morgan fingerprint density at radius 2 is 2.12 bits per heavy atom. The summed E-state index contributed by atoms with van der Waals surface area (Å²) < 4.78 is 0. The minimum atomic E-state index is -0.766. The molecule has 1 saturated carbocycles. The number of hydrogen-bond acceptors (Lipinski definition) is 3. The Morgan fingerprint density at radius 3 is 2.71 bits per heavy atom. The van der Waals surface area contributed by atoms with Gasteiger partial charge in [-0.15, -0.1) is 0 Å². The van der Waals surface area contributed by atoms with E-state index >= 15 is 0 Å².